The number of ether oxygens (including phenoxy) is 1. The van der Waals surface area contributed by atoms with E-state index in [4.69, 9.17) is 22.8 Å². The highest BCUT2D eigenvalue weighted by molar-refractivity contribution is 6.30. The van der Waals surface area contributed by atoms with Gasteiger partial charge < -0.3 is 4.74 Å². The third-order valence-electron chi connectivity index (χ3n) is 3.47. The van der Waals surface area contributed by atoms with Gasteiger partial charge in [-0.15, -0.1) is 6.42 Å². The molecule has 1 saturated carbocycles. The molecule has 2 rings (SSSR count). The van der Waals surface area contributed by atoms with Gasteiger partial charge in [0.2, 0.25) is 0 Å². The summed E-state index contributed by atoms with van der Waals surface area (Å²) in [6, 6.07) is 7.24. The van der Waals surface area contributed by atoms with Crippen molar-refractivity contribution in [3.8, 4) is 12.3 Å². The van der Waals surface area contributed by atoms with E-state index >= 15 is 0 Å². The van der Waals surface area contributed by atoms with Crippen LogP contribution >= 0.6 is 11.6 Å². The summed E-state index contributed by atoms with van der Waals surface area (Å²) in [5, 5.41) is 3.81. The lowest BCUT2D eigenvalue weighted by molar-refractivity contribution is -0.150. The molecule has 0 radical (unpaired) electrons. The number of esters is 1. The van der Waals surface area contributed by atoms with Gasteiger partial charge in [-0.3, -0.25) is 5.32 Å². The zero-order valence-corrected chi connectivity index (χ0v) is 11.5. The summed E-state index contributed by atoms with van der Waals surface area (Å²) >= 11 is 5.91. The third kappa shape index (κ3) is 2.60. The van der Waals surface area contributed by atoms with E-state index in [0.717, 1.165) is 18.4 Å². The molecule has 1 aliphatic rings. The lowest BCUT2D eigenvalue weighted by atomic mass is 9.84. The summed E-state index contributed by atoms with van der Waals surface area (Å²) in [7, 11) is 1.40. The highest BCUT2D eigenvalue weighted by atomic mass is 35.5. The summed E-state index contributed by atoms with van der Waals surface area (Å²) in [5.41, 5.74) is -0.00684. The number of methoxy groups -OCH3 is 1. The molecule has 1 unspecified atom stereocenters. The van der Waals surface area contributed by atoms with Gasteiger partial charge in [0.25, 0.3) is 0 Å². The van der Waals surface area contributed by atoms with Crippen molar-refractivity contribution in [2.45, 2.75) is 18.4 Å². The average molecular weight is 278 g/mol. The molecule has 1 fully saturated rings. The number of carbonyl (C=O) groups is 1. The first-order valence-electron chi connectivity index (χ1n) is 6.18. The molecule has 0 aliphatic heterocycles. The Morgan fingerprint density at radius 2 is 2.16 bits per heavy atom. The Morgan fingerprint density at radius 1 is 1.53 bits per heavy atom. The van der Waals surface area contributed by atoms with E-state index in [-0.39, 0.29) is 11.9 Å². The molecule has 1 aliphatic carbocycles. The standard InChI is InChI=1S/C15H16ClNO2/c1-3-10-17-15(11-4-5-11,14(18)19-2)12-6-8-13(16)9-7-12/h1,6-9,11,17H,4-5,10H2,2H3. The van der Waals surface area contributed by atoms with Crippen LogP contribution in [-0.4, -0.2) is 19.6 Å². The molecule has 19 heavy (non-hydrogen) atoms. The van der Waals surface area contributed by atoms with Crippen molar-refractivity contribution in [2.24, 2.45) is 5.92 Å². The fraction of sp³-hybridized carbons (Fsp3) is 0.400. The van der Waals surface area contributed by atoms with Crippen molar-refractivity contribution < 1.29 is 9.53 Å². The number of rotatable bonds is 5. The van der Waals surface area contributed by atoms with Crippen LogP contribution in [0.2, 0.25) is 5.02 Å². The summed E-state index contributed by atoms with van der Waals surface area (Å²) in [6.45, 7) is 0.314. The number of carbonyl (C=O) groups excluding carboxylic acids is 1. The minimum atomic E-state index is -0.855. The maximum absolute atomic E-state index is 12.3. The van der Waals surface area contributed by atoms with Gasteiger partial charge >= 0.3 is 5.97 Å². The molecule has 0 heterocycles. The number of hydrogen-bond donors (Lipinski definition) is 1. The molecule has 100 valence electrons. The van der Waals surface area contributed by atoms with Crippen molar-refractivity contribution in [3.05, 3.63) is 34.9 Å². The molecule has 0 aromatic heterocycles. The van der Waals surface area contributed by atoms with Gasteiger partial charge in [0.05, 0.1) is 13.7 Å². The molecule has 1 atom stereocenters. The van der Waals surface area contributed by atoms with Crippen molar-refractivity contribution in [2.75, 3.05) is 13.7 Å². The second-order valence-corrected chi connectivity index (χ2v) is 5.07. The van der Waals surface area contributed by atoms with Crippen LogP contribution in [0.4, 0.5) is 0 Å². The second-order valence-electron chi connectivity index (χ2n) is 4.64. The average Bonchev–Trinajstić information content (AvgIpc) is 3.26. The van der Waals surface area contributed by atoms with E-state index in [1.54, 1.807) is 12.1 Å². The molecule has 3 nitrogen and oxygen atoms in total. The molecule has 1 aromatic rings. The van der Waals surface area contributed by atoms with Gasteiger partial charge in [-0.25, -0.2) is 4.79 Å². The van der Waals surface area contributed by atoms with Crippen molar-refractivity contribution >= 4 is 17.6 Å². The van der Waals surface area contributed by atoms with Gasteiger partial charge in [-0.05, 0) is 36.5 Å². The molecule has 4 heteroatoms. The van der Waals surface area contributed by atoms with Gasteiger partial charge in [0.15, 0.2) is 0 Å². The highest BCUT2D eigenvalue weighted by Crippen LogP contribution is 2.46. The number of halogens is 1. The molecule has 0 saturated heterocycles. The van der Waals surface area contributed by atoms with Crippen molar-refractivity contribution in [1.82, 2.24) is 5.32 Å². The monoisotopic (exact) mass is 277 g/mol. The first-order chi connectivity index (χ1) is 9.15. The van der Waals surface area contributed by atoms with Gasteiger partial charge in [-0.2, -0.15) is 0 Å². The van der Waals surface area contributed by atoms with Gasteiger partial charge in [0.1, 0.15) is 5.54 Å². The van der Waals surface area contributed by atoms with Gasteiger partial charge in [-0.1, -0.05) is 29.7 Å². The molecule has 1 aromatic carbocycles. The maximum atomic E-state index is 12.3. The van der Waals surface area contributed by atoms with E-state index in [1.165, 1.54) is 7.11 Å². The SMILES string of the molecule is C#CCNC(C(=O)OC)(c1ccc(Cl)cc1)C1CC1. The Morgan fingerprint density at radius 3 is 2.63 bits per heavy atom. The van der Waals surface area contributed by atoms with Crippen LogP contribution in [0.25, 0.3) is 0 Å². The fourth-order valence-corrected chi connectivity index (χ4v) is 2.55. The molecule has 1 N–H and O–H groups in total. The maximum Gasteiger partial charge on any atom is 0.331 e. The van der Waals surface area contributed by atoms with Gasteiger partial charge in [0, 0.05) is 5.02 Å². The molecule has 0 bridgehead atoms. The summed E-state index contributed by atoms with van der Waals surface area (Å²) in [4.78, 5) is 12.3. The third-order valence-corrected chi connectivity index (χ3v) is 3.72. The predicted molar refractivity (Wildman–Crippen MR) is 74.7 cm³/mol. The highest BCUT2D eigenvalue weighted by Gasteiger charge is 2.52. The van der Waals surface area contributed by atoms with Crippen LogP contribution in [-0.2, 0) is 15.1 Å². The number of nitrogens with one attached hydrogen (secondary N) is 1. The molecular weight excluding hydrogens is 262 g/mol. The summed E-state index contributed by atoms with van der Waals surface area (Å²) in [6.07, 6.45) is 7.28. The van der Waals surface area contributed by atoms with E-state index in [2.05, 4.69) is 11.2 Å². The fourth-order valence-electron chi connectivity index (χ4n) is 2.42. The zero-order valence-electron chi connectivity index (χ0n) is 10.8. The lowest BCUT2D eigenvalue weighted by Crippen LogP contribution is -2.52. The van der Waals surface area contributed by atoms with Crippen LogP contribution in [0.1, 0.15) is 18.4 Å². The van der Waals surface area contributed by atoms with E-state index < -0.39 is 5.54 Å². The normalized spacial score (nSPS) is 17.3. The Hall–Kier alpha value is -1.50. The lowest BCUT2D eigenvalue weighted by Gasteiger charge is -2.32. The molecule has 0 amide bonds. The first kappa shape index (κ1) is 13.9. The summed E-state index contributed by atoms with van der Waals surface area (Å²) < 4.78 is 5.00. The number of hydrogen-bond acceptors (Lipinski definition) is 3. The molecule has 0 spiro atoms. The minimum absolute atomic E-state index is 0.217. The van der Waals surface area contributed by atoms with Crippen LogP contribution in [0.5, 0.6) is 0 Å². The second kappa shape index (κ2) is 5.64. The first-order valence-corrected chi connectivity index (χ1v) is 6.56. The van der Waals surface area contributed by atoms with E-state index in [1.807, 2.05) is 12.1 Å². The van der Waals surface area contributed by atoms with Crippen LogP contribution < -0.4 is 5.32 Å². The minimum Gasteiger partial charge on any atom is -0.467 e. The van der Waals surface area contributed by atoms with Crippen LogP contribution in [0.15, 0.2) is 24.3 Å². The Balaban J connectivity index is 2.44. The smallest absolute Gasteiger partial charge is 0.331 e. The zero-order chi connectivity index (χ0) is 13.9. The number of benzene rings is 1. The summed E-state index contributed by atoms with van der Waals surface area (Å²) in [5.74, 6) is 2.44. The van der Waals surface area contributed by atoms with Crippen LogP contribution in [0, 0.1) is 18.3 Å². The Kier molecular flexibility index (Phi) is 4.14. The molecular formula is C15H16ClNO2. The largest absolute Gasteiger partial charge is 0.467 e. The van der Waals surface area contributed by atoms with E-state index in [0.29, 0.717) is 11.6 Å². The quantitative estimate of drug-likeness (QED) is 0.663. The Bertz CT molecular complexity index is 502. The van der Waals surface area contributed by atoms with Crippen molar-refractivity contribution in [3.63, 3.8) is 0 Å². The van der Waals surface area contributed by atoms with E-state index in [9.17, 15) is 4.79 Å². The van der Waals surface area contributed by atoms with Crippen molar-refractivity contribution in [1.29, 1.82) is 0 Å². The predicted octanol–water partition coefficient (Wildman–Crippen LogP) is 2.34. The Labute approximate surface area is 118 Å². The van der Waals surface area contributed by atoms with Crippen LogP contribution in [0.3, 0.4) is 0 Å². The number of terminal acetylenes is 1. The topological polar surface area (TPSA) is 38.3 Å².